The summed E-state index contributed by atoms with van der Waals surface area (Å²) in [5.74, 6) is 1.62. The third-order valence-corrected chi connectivity index (χ3v) is 3.99. The van der Waals surface area contributed by atoms with Crippen LogP contribution in [-0.2, 0) is 0 Å². The Kier molecular flexibility index (Phi) is 5.63. The highest BCUT2D eigenvalue weighted by atomic mass is 35.5. The van der Waals surface area contributed by atoms with Gasteiger partial charge < -0.3 is 20.8 Å². The van der Waals surface area contributed by atoms with E-state index in [0.29, 0.717) is 23.3 Å². The Bertz CT molecular complexity index is 683. The Labute approximate surface area is 134 Å². The molecular weight excluding hydrogens is 304 g/mol. The molecule has 1 aliphatic heterocycles. The third-order valence-electron chi connectivity index (χ3n) is 3.99. The lowest BCUT2D eigenvalue weighted by molar-refractivity contribution is 0.254. The molecule has 1 saturated heterocycles. The minimum Gasteiger partial charge on any atom is -0.493 e. The number of nitrogens with two attached hydrogens (primary N) is 1. The number of nitrogens with zero attached hydrogens (tertiary/aromatic N) is 1. The van der Waals surface area contributed by atoms with Crippen molar-refractivity contribution in [1.29, 1.82) is 0 Å². The molecule has 0 atom stereocenters. The van der Waals surface area contributed by atoms with Gasteiger partial charge in [-0.3, -0.25) is 0 Å². The number of ether oxygens (including phenoxy) is 1. The van der Waals surface area contributed by atoms with Crippen LogP contribution in [0.3, 0.4) is 0 Å². The molecule has 0 bridgehead atoms. The van der Waals surface area contributed by atoms with Gasteiger partial charge in [-0.15, -0.1) is 12.4 Å². The quantitative estimate of drug-likeness (QED) is 0.796. The van der Waals surface area contributed by atoms with E-state index in [9.17, 15) is 4.79 Å². The zero-order valence-electron chi connectivity index (χ0n) is 12.3. The lowest BCUT2D eigenvalue weighted by atomic mass is 9.95. The molecule has 120 valence electrons. The summed E-state index contributed by atoms with van der Waals surface area (Å²) >= 11 is 0. The normalized spacial score (nSPS) is 15.5. The summed E-state index contributed by atoms with van der Waals surface area (Å²) in [7, 11) is 0. The van der Waals surface area contributed by atoms with Gasteiger partial charge in [0.05, 0.1) is 17.5 Å². The lowest BCUT2D eigenvalue weighted by Crippen LogP contribution is -2.28. The second-order valence-corrected chi connectivity index (χ2v) is 5.44. The number of aromatic amines is 1. The first-order chi connectivity index (χ1) is 10.2. The average Bonchev–Trinajstić information content (AvgIpc) is 2.48. The monoisotopic (exact) mass is 324 g/mol. The van der Waals surface area contributed by atoms with Gasteiger partial charge in [0.25, 0.3) is 0 Å². The molecule has 3 rings (SSSR count). The van der Waals surface area contributed by atoms with Crippen LogP contribution >= 0.6 is 12.4 Å². The van der Waals surface area contributed by atoms with Crippen LogP contribution in [0.2, 0.25) is 0 Å². The zero-order valence-corrected chi connectivity index (χ0v) is 13.1. The molecule has 0 saturated carbocycles. The van der Waals surface area contributed by atoms with Crippen LogP contribution in [0.4, 0.5) is 5.82 Å². The van der Waals surface area contributed by atoms with E-state index in [0.717, 1.165) is 25.4 Å². The number of hydrogen-bond donors (Lipinski definition) is 3. The van der Waals surface area contributed by atoms with Crippen molar-refractivity contribution in [1.82, 2.24) is 15.3 Å². The number of nitrogen functional groups attached to an aromatic ring is 1. The molecule has 0 radical (unpaired) electrons. The van der Waals surface area contributed by atoms with Gasteiger partial charge in [0.2, 0.25) is 0 Å². The van der Waals surface area contributed by atoms with E-state index in [4.69, 9.17) is 10.5 Å². The maximum Gasteiger partial charge on any atom is 0.347 e. The number of H-pyrrole nitrogens is 1. The molecule has 22 heavy (non-hydrogen) atoms. The van der Waals surface area contributed by atoms with Crippen molar-refractivity contribution in [2.24, 2.45) is 5.92 Å². The average molecular weight is 325 g/mol. The summed E-state index contributed by atoms with van der Waals surface area (Å²) in [5.41, 5.74) is 6.07. The molecule has 1 fully saturated rings. The number of rotatable bonds is 4. The van der Waals surface area contributed by atoms with E-state index in [2.05, 4.69) is 15.3 Å². The van der Waals surface area contributed by atoms with E-state index in [-0.39, 0.29) is 18.2 Å². The van der Waals surface area contributed by atoms with Crippen molar-refractivity contribution in [3.63, 3.8) is 0 Å². The fraction of sp³-hybridized carbons (Fsp3) is 0.467. The molecule has 0 aliphatic carbocycles. The van der Waals surface area contributed by atoms with Crippen LogP contribution in [0.1, 0.15) is 19.3 Å². The molecule has 1 aliphatic rings. The van der Waals surface area contributed by atoms with Gasteiger partial charge >= 0.3 is 5.69 Å². The standard InChI is InChI=1S/C15H20N4O2.ClH/c16-14-13-11(18-15(20)19-14)2-1-3-12(13)21-9-6-10-4-7-17-8-5-10;/h1-3,10,17H,4-9H2,(H3,16,18,19,20);1H. The van der Waals surface area contributed by atoms with Gasteiger partial charge in [0.15, 0.2) is 0 Å². The highest BCUT2D eigenvalue weighted by molar-refractivity contribution is 5.93. The van der Waals surface area contributed by atoms with Gasteiger partial charge in [-0.05, 0) is 50.4 Å². The van der Waals surface area contributed by atoms with Gasteiger partial charge in [-0.1, -0.05) is 6.07 Å². The van der Waals surface area contributed by atoms with E-state index in [1.807, 2.05) is 12.1 Å². The lowest BCUT2D eigenvalue weighted by Gasteiger charge is -2.22. The summed E-state index contributed by atoms with van der Waals surface area (Å²) in [6.45, 7) is 2.84. The van der Waals surface area contributed by atoms with Gasteiger partial charge in [0, 0.05) is 0 Å². The van der Waals surface area contributed by atoms with Crippen molar-refractivity contribution in [3.05, 3.63) is 28.7 Å². The Morgan fingerprint density at radius 3 is 2.86 bits per heavy atom. The Hall–Kier alpha value is -1.79. The topological polar surface area (TPSA) is 93.0 Å². The molecule has 2 heterocycles. The van der Waals surface area contributed by atoms with Crippen LogP contribution in [0, 0.1) is 5.92 Å². The van der Waals surface area contributed by atoms with Crippen molar-refractivity contribution in [2.75, 3.05) is 25.4 Å². The van der Waals surface area contributed by atoms with Crippen molar-refractivity contribution < 1.29 is 4.74 Å². The summed E-state index contributed by atoms with van der Waals surface area (Å²) in [4.78, 5) is 17.8. The predicted octanol–water partition coefficient (Wildman–Crippen LogP) is 1.70. The van der Waals surface area contributed by atoms with Crippen molar-refractivity contribution in [3.8, 4) is 5.75 Å². The van der Waals surface area contributed by atoms with E-state index in [1.54, 1.807) is 6.07 Å². The first-order valence-corrected chi connectivity index (χ1v) is 7.36. The number of anilines is 1. The molecule has 0 spiro atoms. The van der Waals surface area contributed by atoms with Crippen LogP contribution in [0.5, 0.6) is 5.75 Å². The highest BCUT2D eigenvalue weighted by Gasteiger charge is 2.14. The fourth-order valence-electron chi connectivity index (χ4n) is 2.83. The second kappa shape index (κ2) is 7.47. The molecule has 1 aromatic carbocycles. The van der Waals surface area contributed by atoms with Gasteiger partial charge in [-0.25, -0.2) is 4.79 Å². The molecule has 0 unspecified atom stereocenters. The summed E-state index contributed by atoms with van der Waals surface area (Å²) in [6, 6.07) is 5.51. The number of aromatic nitrogens is 2. The zero-order chi connectivity index (χ0) is 14.7. The summed E-state index contributed by atoms with van der Waals surface area (Å²) in [5, 5.41) is 4.04. The fourth-order valence-corrected chi connectivity index (χ4v) is 2.83. The van der Waals surface area contributed by atoms with Gasteiger partial charge in [-0.2, -0.15) is 4.98 Å². The molecule has 1 aromatic heterocycles. The number of benzene rings is 1. The Morgan fingerprint density at radius 2 is 2.09 bits per heavy atom. The minimum atomic E-state index is -0.438. The summed E-state index contributed by atoms with van der Waals surface area (Å²) < 4.78 is 5.88. The number of piperidine rings is 1. The maximum absolute atomic E-state index is 11.3. The SMILES string of the molecule is Cl.Nc1nc(=O)[nH]c2cccc(OCCC3CCNCC3)c12. The minimum absolute atomic E-state index is 0. The van der Waals surface area contributed by atoms with Crippen LogP contribution in [0.25, 0.3) is 10.9 Å². The smallest absolute Gasteiger partial charge is 0.347 e. The summed E-state index contributed by atoms with van der Waals surface area (Å²) in [6.07, 6.45) is 3.45. The predicted molar refractivity (Wildman–Crippen MR) is 89.7 cm³/mol. The number of hydrogen-bond acceptors (Lipinski definition) is 5. The van der Waals surface area contributed by atoms with Crippen molar-refractivity contribution >= 4 is 29.1 Å². The number of fused-ring (bicyclic) bond motifs is 1. The van der Waals surface area contributed by atoms with Crippen molar-refractivity contribution in [2.45, 2.75) is 19.3 Å². The molecule has 2 aromatic rings. The van der Waals surface area contributed by atoms with Crippen LogP contribution < -0.4 is 21.5 Å². The van der Waals surface area contributed by atoms with E-state index < -0.39 is 5.69 Å². The molecule has 4 N–H and O–H groups in total. The molecule has 7 heteroatoms. The third kappa shape index (κ3) is 3.69. The second-order valence-electron chi connectivity index (χ2n) is 5.44. The number of nitrogens with one attached hydrogen (secondary N) is 2. The first-order valence-electron chi connectivity index (χ1n) is 7.36. The number of halogens is 1. The Balaban J connectivity index is 0.00000176. The van der Waals surface area contributed by atoms with Crippen LogP contribution in [-0.4, -0.2) is 29.7 Å². The Morgan fingerprint density at radius 1 is 1.32 bits per heavy atom. The van der Waals surface area contributed by atoms with E-state index >= 15 is 0 Å². The van der Waals surface area contributed by atoms with Gasteiger partial charge in [0.1, 0.15) is 11.6 Å². The first kappa shape index (κ1) is 16.6. The highest BCUT2D eigenvalue weighted by Crippen LogP contribution is 2.27. The largest absolute Gasteiger partial charge is 0.493 e. The molecule has 6 nitrogen and oxygen atoms in total. The maximum atomic E-state index is 11.3. The van der Waals surface area contributed by atoms with Crippen LogP contribution in [0.15, 0.2) is 23.0 Å². The van der Waals surface area contributed by atoms with E-state index in [1.165, 1.54) is 12.8 Å². The molecule has 0 amide bonds. The molecular formula is C15H21ClN4O2.